The Morgan fingerprint density at radius 2 is 2.16 bits per heavy atom. The topological polar surface area (TPSA) is 78.9 Å². The first-order chi connectivity index (χ1) is 12.0. The van der Waals surface area contributed by atoms with Crippen LogP contribution in [0.15, 0.2) is 18.2 Å². The maximum absolute atomic E-state index is 11.6. The number of carboxylic acids is 1. The van der Waals surface area contributed by atoms with Crippen molar-refractivity contribution in [3.8, 4) is 5.75 Å². The van der Waals surface area contributed by atoms with Gasteiger partial charge >= 0.3 is 5.97 Å². The van der Waals surface area contributed by atoms with E-state index < -0.39 is 5.97 Å². The van der Waals surface area contributed by atoms with E-state index in [1.165, 1.54) is 0 Å². The van der Waals surface area contributed by atoms with Crippen molar-refractivity contribution in [2.45, 2.75) is 39.5 Å². The van der Waals surface area contributed by atoms with E-state index >= 15 is 0 Å². The van der Waals surface area contributed by atoms with Gasteiger partial charge in [-0.3, -0.25) is 9.59 Å². The first-order valence-electron chi connectivity index (χ1n) is 9.04. The molecule has 0 spiro atoms. The molecule has 1 aliphatic heterocycles. The molecule has 0 aromatic heterocycles. The first-order valence-corrected chi connectivity index (χ1v) is 9.04. The number of carboxylic acid groups (broad SMARTS) is 1. The third-order valence-corrected chi connectivity index (χ3v) is 4.51. The van der Waals surface area contributed by atoms with Gasteiger partial charge in [-0.05, 0) is 50.4 Å². The van der Waals surface area contributed by atoms with Gasteiger partial charge in [-0.1, -0.05) is 13.0 Å². The zero-order chi connectivity index (χ0) is 18.2. The Balaban J connectivity index is 1.98. The van der Waals surface area contributed by atoms with E-state index in [2.05, 4.69) is 10.2 Å². The maximum Gasteiger partial charge on any atom is 0.307 e. The predicted molar refractivity (Wildman–Crippen MR) is 97.0 cm³/mol. The van der Waals surface area contributed by atoms with Crippen LogP contribution in [-0.4, -0.2) is 48.1 Å². The maximum atomic E-state index is 11.6. The summed E-state index contributed by atoms with van der Waals surface area (Å²) in [5.74, 6) is -0.302. The number of hydrogen-bond donors (Lipinski definition) is 2. The molecule has 25 heavy (non-hydrogen) atoms. The average molecular weight is 348 g/mol. The van der Waals surface area contributed by atoms with Crippen molar-refractivity contribution < 1.29 is 19.4 Å². The second-order valence-electron chi connectivity index (χ2n) is 6.39. The molecule has 2 rings (SSSR count). The Bertz CT molecular complexity index is 603. The van der Waals surface area contributed by atoms with Crippen molar-refractivity contribution in [2.75, 3.05) is 31.6 Å². The minimum absolute atomic E-state index is 0.0401. The molecule has 6 heteroatoms. The summed E-state index contributed by atoms with van der Waals surface area (Å²) in [6.45, 7) is 6.66. The van der Waals surface area contributed by atoms with Gasteiger partial charge in [0, 0.05) is 19.5 Å². The van der Waals surface area contributed by atoms with Crippen LogP contribution in [0.2, 0.25) is 0 Å². The number of likely N-dealkylation sites (tertiary alicyclic amines) is 1. The number of anilines is 1. The van der Waals surface area contributed by atoms with E-state index in [0.29, 0.717) is 31.0 Å². The summed E-state index contributed by atoms with van der Waals surface area (Å²) in [6, 6.07) is 5.84. The predicted octanol–water partition coefficient (Wildman–Crippen LogP) is 2.77. The molecule has 2 N–H and O–H groups in total. The fraction of sp³-hybridized carbons (Fsp3) is 0.579. The molecule has 138 valence electrons. The molecule has 1 amide bonds. The Morgan fingerprint density at radius 1 is 1.36 bits per heavy atom. The van der Waals surface area contributed by atoms with Crippen LogP contribution in [-0.2, 0) is 16.0 Å². The summed E-state index contributed by atoms with van der Waals surface area (Å²) in [7, 11) is 0. The zero-order valence-corrected chi connectivity index (χ0v) is 15.1. The van der Waals surface area contributed by atoms with Crippen LogP contribution in [0.3, 0.4) is 0 Å². The van der Waals surface area contributed by atoms with Gasteiger partial charge in [0.15, 0.2) is 0 Å². The van der Waals surface area contributed by atoms with Crippen molar-refractivity contribution in [1.82, 2.24) is 4.90 Å². The molecule has 0 radical (unpaired) electrons. The smallest absolute Gasteiger partial charge is 0.307 e. The minimum Gasteiger partial charge on any atom is -0.492 e. The van der Waals surface area contributed by atoms with Gasteiger partial charge < -0.3 is 20.1 Å². The largest absolute Gasteiger partial charge is 0.492 e. The molecule has 0 saturated carbocycles. The molecule has 1 fully saturated rings. The lowest BCUT2D eigenvalue weighted by molar-refractivity contribution is -0.143. The van der Waals surface area contributed by atoms with Gasteiger partial charge in [-0.25, -0.2) is 0 Å². The lowest BCUT2D eigenvalue weighted by Gasteiger charge is -2.30. The third kappa shape index (κ3) is 5.74. The molecule has 1 aliphatic rings. The average Bonchev–Trinajstić information content (AvgIpc) is 2.62. The molecule has 1 atom stereocenters. The van der Waals surface area contributed by atoms with Crippen LogP contribution < -0.4 is 10.1 Å². The number of ether oxygens (including phenoxy) is 1. The highest BCUT2D eigenvalue weighted by atomic mass is 16.5. The second kappa shape index (κ2) is 9.42. The summed E-state index contributed by atoms with van der Waals surface area (Å²) < 4.78 is 5.66. The number of rotatable bonds is 8. The standard InChI is InChI=1S/C19H28N2O4/c1-3-18(22)20-16-8-7-14(12-17(16)25-4-2)9-11-21-10-5-6-15(13-21)19(23)24/h7-8,12,15H,3-6,9-11,13H2,1-2H3,(H,20,22)(H,23,24). The highest BCUT2D eigenvalue weighted by Crippen LogP contribution is 2.27. The molecular formula is C19H28N2O4. The van der Waals surface area contributed by atoms with Gasteiger partial charge in [0.25, 0.3) is 0 Å². The first kappa shape index (κ1) is 19.2. The van der Waals surface area contributed by atoms with Gasteiger partial charge in [-0.2, -0.15) is 0 Å². The molecular weight excluding hydrogens is 320 g/mol. The highest BCUT2D eigenvalue weighted by Gasteiger charge is 2.24. The van der Waals surface area contributed by atoms with Crippen molar-refractivity contribution in [3.05, 3.63) is 23.8 Å². The number of nitrogens with one attached hydrogen (secondary N) is 1. The van der Waals surface area contributed by atoms with Crippen LogP contribution in [0.4, 0.5) is 5.69 Å². The Labute approximate surface area is 149 Å². The minimum atomic E-state index is -0.695. The van der Waals surface area contributed by atoms with Crippen LogP contribution in [0.1, 0.15) is 38.7 Å². The summed E-state index contributed by atoms with van der Waals surface area (Å²) >= 11 is 0. The number of piperidine rings is 1. The second-order valence-corrected chi connectivity index (χ2v) is 6.39. The number of aliphatic carboxylic acids is 1. The van der Waals surface area contributed by atoms with Gasteiger partial charge in [0.2, 0.25) is 5.91 Å². The molecule has 1 aromatic rings. The van der Waals surface area contributed by atoms with Crippen molar-refractivity contribution in [2.24, 2.45) is 5.92 Å². The number of nitrogens with zero attached hydrogens (tertiary/aromatic N) is 1. The molecule has 1 aromatic carbocycles. The Kier molecular flexibility index (Phi) is 7.25. The van der Waals surface area contributed by atoms with E-state index in [9.17, 15) is 14.7 Å². The van der Waals surface area contributed by atoms with E-state index in [-0.39, 0.29) is 11.8 Å². The normalized spacial score (nSPS) is 17.9. The zero-order valence-electron chi connectivity index (χ0n) is 15.1. The molecule has 6 nitrogen and oxygen atoms in total. The number of amides is 1. The number of hydrogen-bond acceptors (Lipinski definition) is 4. The quantitative estimate of drug-likeness (QED) is 0.755. The van der Waals surface area contributed by atoms with Crippen LogP contribution in [0.5, 0.6) is 5.75 Å². The van der Waals surface area contributed by atoms with Crippen LogP contribution in [0.25, 0.3) is 0 Å². The molecule has 1 heterocycles. The number of benzene rings is 1. The van der Waals surface area contributed by atoms with Crippen LogP contribution in [0, 0.1) is 5.92 Å². The van der Waals surface area contributed by atoms with Crippen molar-refractivity contribution in [1.29, 1.82) is 0 Å². The van der Waals surface area contributed by atoms with Gasteiger partial charge in [0.1, 0.15) is 5.75 Å². The van der Waals surface area contributed by atoms with E-state index in [4.69, 9.17) is 4.74 Å². The third-order valence-electron chi connectivity index (χ3n) is 4.51. The number of carbonyl (C=O) groups is 2. The fourth-order valence-electron chi connectivity index (χ4n) is 3.09. The fourth-order valence-corrected chi connectivity index (χ4v) is 3.09. The van der Waals surface area contributed by atoms with Crippen LogP contribution >= 0.6 is 0 Å². The lowest BCUT2D eigenvalue weighted by Crippen LogP contribution is -2.39. The summed E-state index contributed by atoms with van der Waals surface area (Å²) in [4.78, 5) is 25.0. The monoisotopic (exact) mass is 348 g/mol. The van der Waals surface area contributed by atoms with Crippen molar-refractivity contribution in [3.63, 3.8) is 0 Å². The molecule has 0 aliphatic carbocycles. The van der Waals surface area contributed by atoms with E-state index in [1.54, 1.807) is 0 Å². The Hall–Kier alpha value is -2.08. The molecule has 0 bridgehead atoms. The lowest BCUT2D eigenvalue weighted by atomic mass is 9.98. The SMILES string of the molecule is CCOc1cc(CCN2CCCC(C(=O)O)C2)ccc1NC(=O)CC. The summed E-state index contributed by atoms with van der Waals surface area (Å²) in [5, 5.41) is 12.0. The van der Waals surface area contributed by atoms with Crippen molar-refractivity contribution >= 4 is 17.6 Å². The molecule has 1 saturated heterocycles. The number of carbonyl (C=O) groups excluding carboxylic acids is 1. The van der Waals surface area contributed by atoms with Gasteiger partial charge in [-0.15, -0.1) is 0 Å². The highest BCUT2D eigenvalue weighted by molar-refractivity contribution is 5.92. The van der Waals surface area contributed by atoms with E-state index in [0.717, 1.165) is 37.9 Å². The Morgan fingerprint density at radius 3 is 2.84 bits per heavy atom. The summed E-state index contributed by atoms with van der Waals surface area (Å²) in [6.07, 6.45) is 2.96. The van der Waals surface area contributed by atoms with Gasteiger partial charge in [0.05, 0.1) is 18.2 Å². The molecule has 1 unspecified atom stereocenters. The van der Waals surface area contributed by atoms with E-state index in [1.807, 2.05) is 32.0 Å². The summed E-state index contributed by atoms with van der Waals surface area (Å²) in [5.41, 5.74) is 1.82.